The number of nitrogens with one attached hydrogen (secondary N) is 1. The van der Waals surface area contributed by atoms with Crippen molar-refractivity contribution in [3.8, 4) is 5.75 Å². The summed E-state index contributed by atoms with van der Waals surface area (Å²) in [6.07, 6.45) is 0. The lowest BCUT2D eigenvalue weighted by Gasteiger charge is -2.25. The van der Waals surface area contributed by atoms with Crippen molar-refractivity contribution >= 4 is 11.8 Å². The third-order valence-corrected chi connectivity index (χ3v) is 3.67. The highest BCUT2D eigenvalue weighted by Crippen LogP contribution is 2.24. The summed E-state index contributed by atoms with van der Waals surface area (Å²) in [6.45, 7) is 14.4. The predicted octanol–water partition coefficient (Wildman–Crippen LogP) is 3.13. The Morgan fingerprint density at radius 2 is 1.60 bits per heavy atom. The van der Waals surface area contributed by atoms with Crippen molar-refractivity contribution in [3.63, 3.8) is 0 Å². The summed E-state index contributed by atoms with van der Waals surface area (Å²) < 4.78 is 5.58. The molecule has 0 aromatic heterocycles. The summed E-state index contributed by atoms with van der Waals surface area (Å²) in [4.78, 5) is 25.8. The van der Waals surface area contributed by atoms with E-state index >= 15 is 0 Å². The maximum atomic E-state index is 12.3. The number of benzene rings is 1. The van der Waals surface area contributed by atoms with Crippen LogP contribution in [0.15, 0.2) is 24.3 Å². The average molecular weight is 348 g/mol. The molecule has 25 heavy (non-hydrogen) atoms. The molecular formula is C20H32N2O3. The molecule has 5 heteroatoms. The number of hydrogen-bond acceptors (Lipinski definition) is 3. The van der Waals surface area contributed by atoms with Gasteiger partial charge in [-0.2, -0.15) is 0 Å². The Morgan fingerprint density at radius 1 is 1.04 bits per heavy atom. The molecule has 0 atom stereocenters. The van der Waals surface area contributed by atoms with Gasteiger partial charge in [-0.25, -0.2) is 0 Å². The maximum Gasteiger partial charge on any atom is 0.260 e. The van der Waals surface area contributed by atoms with Crippen molar-refractivity contribution in [3.05, 3.63) is 29.8 Å². The molecule has 1 N–H and O–H groups in total. The number of ether oxygens (including phenoxy) is 1. The molecular weight excluding hydrogens is 316 g/mol. The van der Waals surface area contributed by atoms with Crippen molar-refractivity contribution in [2.45, 2.75) is 59.4 Å². The van der Waals surface area contributed by atoms with E-state index in [0.717, 1.165) is 0 Å². The van der Waals surface area contributed by atoms with Gasteiger partial charge in [-0.3, -0.25) is 9.59 Å². The van der Waals surface area contributed by atoms with Crippen molar-refractivity contribution in [1.82, 2.24) is 10.2 Å². The molecule has 0 spiro atoms. The Hall–Kier alpha value is -2.04. The third-order valence-electron chi connectivity index (χ3n) is 3.67. The van der Waals surface area contributed by atoms with E-state index in [0.29, 0.717) is 12.3 Å². The van der Waals surface area contributed by atoms with Gasteiger partial charge < -0.3 is 15.0 Å². The molecule has 0 radical (unpaired) electrons. The van der Waals surface area contributed by atoms with Crippen LogP contribution in [0.2, 0.25) is 0 Å². The normalized spacial score (nSPS) is 11.8. The predicted molar refractivity (Wildman–Crippen MR) is 101 cm³/mol. The van der Waals surface area contributed by atoms with Crippen LogP contribution in [0.3, 0.4) is 0 Å². The Balaban J connectivity index is 2.57. The highest BCUT2D eigenvalue weighted by atomic mass is 16.5. The number of rotatable bonds is 6. The number of carbonyl (C=O) groups is 2. The molecule has 0 heterocycles. The van der Waals surface area contributed by atoms with E-state index in [4.69, 9.17) is 4.74 Å². The lowest BCUT2D eigenvalue weighted by atomic mass is 9.87. The molecule has 0 aliphatic rings. The van der Waals surface area contributed by atoms with Gasteiger partial charge in [-0.15, -0.1) is 0 Å². The summed E-state index contributed by atoms with van der Waals surface area (Å²) in [5.41, 5.74) is 0.971. The van der Waals surface area contributed by atoms with Crippen molar-refractivity contribution in [2.75, 3.05) is 19.7 Å². The first-order chi connectivity index (χ1) is 11.4. The zero-order valence-corrected chi connectivity index (χ0v) is 16.6. The Morgan fingerprint density at radius 3 is 2.04 bits per heavy atom. The maximum absolute atomic E-state index is 12.3. The van der Waals surface area contributed by atoms with E-state index in [9.17, 15) is 9.59 Å². The summed E-state index contributed by atoms with van der Waals surface area (Å²) in [5.74, 6) is 0.278. The van der Waals surface area contributed by atoms with Gasteiger partial charge in [0.15, 0.2) is 6.61 Å². The first kappa shape index (κ1) is 21.0. The molecule has 0 fully saturated rings. The minimum absolute atomic E-state index is 0.0406. The second kappa shape index (κ2) is 8.37. The van der Waals surface area contributed by atoms with Crippen LogP contribution < -0.4 is 10.1 Å². The molecule has 140 valence electrons. The molecule has 0 saturated heterocycles. The largest absolute Gasteiger partial charge is 0.484 e. The van der Waals surface area contributed by atoms with Gasteiger partial charge in [0.2, 0.25) is 5.91 Å². The highest BCUT2D eigenvalue weighted by Gasteiger charge is 2.20. The van der Waals surface area contributed by atoms with E-state index < -0.39 is 0 Å². The molecule has 0 unspecified atom stereocenters. The SMILES string of the molecule is CCN(CC(=O)NC(C)(C)C)C(=O)COc1ccc(C(C)(C)C)cc1. The van der Waals surface area contributed by atoms with Gasteiger partial charge in [-0.1, -0.05) is 32.9 Å². The zero-order chi connectivity index (χ0) is 19.3. The molecule has 0 saturated carbocycles. The van der Waals surface area contributed by atoms with Crippen LogP contribution in [-0.2, 0) is 15.0 Å². The monoisotopic (exact) mass is 348 g/mol. The van der Waals surface area contributed by atoms with Crippen molar-refractivity contribution in [1.29, 1.82) is 0 Å². The minimum Gasteiger partial charge on any atom is -0.484 e. The summed E-state index contributed by atoms with van der Waals surface area (Å²) in [5, 5.41) is 2.86. The van der Waals surface area contributed by atoms with Gasteiger partial charge in [0.25, 0.3) is 5.91 Å². The minimum atomic E-state index is -0.315. The van der Waals surface area contributed by atoms with E-state index in [2.05, 4.69) is 26.1 Å². The molecule has 1 aromatic carbocycles. The molecule has 2 amide bonds. The number of hydrogen-bond donors (Lipinski definition) is 1. The fraction of sp³-hybridized carbons (Fsp3) is 0.600. The lowest BCUT2D eigenvalue weighted by Crippen LogP contribution is -2.48. The standard InChI is InChI=1S/C20H32N2O3/c1-8-22(13-17(23)21-20(5,6)7)18(24)14-25-16-11-9-15(10-12-16)19(2,3)4/h9-12H,8,13-14H2,1-7H3,(H,21,23). The van der Waals surface area contributed by atoms with Gasteiger partial charge in [0.05, 0.1) is 6.54 Å². The Labute approximate surface area is 151 Å². The van der Waals surface area contributed by atoms with E-state index in [1.165, 1.54) is 10.5 Å². The molecule has 1 rings (SSSR count). The topological polar surface area (TPSA) is 58.6 Å². The number of carbonyl (C=O) groups excluding carboxylic acids is 2. The van der Waals surface area contributed by atoms with Crippen LogP contribution in [0.5, 0.6) is 5.75 Å². The van der Waals surface area contributed by atoms with Crippen LogP contribution in [0.25, 0.3) is 0 Å². The zero-order valence-electron chi connectivity index (χ0n) is 16.6. The van der Waals surface area contributed by atoms with Crippen LogP contribution in [0, 0.1) is 0 Å². The molecule has 0 aliphatic carbocycles. The Kier molecular flexibility index (Phi) is 7.03. The van der Waals surface area contributed by atoms with Crippen molar-refractivity contribution < 1.29 is 14.3 Å². The smallest absolute Gasteiger partial charge is 0.260 e. The van der Waals surface area contributed by atoms with Crippen LogP contribution >= 0.6 is 0 Å². The first-order valence-corrected chi connectivity index (χ1v) is 8.74. The second-order valence-electron chi connectivity index (χ2n) is 8.27. The summed E-state index contributed by atoms with van der Waals surface area (Å²) in [7, 11) is 0. The number of likely N-dealkylation sites (N-methyl/N-ethyl adjacent to an activating group) is 1. The fourth-order valence-corrected chi connectivity index (χ4v) is 2.29. The van der Waals surface area contributed by atoms with Crippen LogP contribution in [-0.4, -0.2) is 41.9 Å². The van der Waals surface area contributed by atoms with Gasteiger partial charge >= 0.3 is 0 Å². The van der Waals surface area contributed by atoms with Crippen LogP contribution in [0.4, 0.5) is 0 Å². The molecule has 0 aliphatic heterocycles. The molecule has 0 bridgehead atoms. The van der Waals surface area contributed by atoms with Gasteiger partial charge in [0.1, 0.15) is 5.75 Å². The second-order valence-corrected chi connectivity index (χ2v) is 8.27. The molecule has 5 nitrogen and oxygen atoms in total. The summed E-state index contributed by atoms with van der Waals surface area (Å²) in [6, 6.07) is 7.76. The first-order valence-electron chi connectivity index (χ1n) is 8.74. The number of amides is 2. The van der Waals surface area contributed by atoms with Crippen LogP contribution in [0.1, 0.15) is 54.0 Å². The number of nitrogens with zero attached hydrogens (tertiary/aromatic N) is 1. The van der Waals surface area contributed by atoms with E-state index in [1.54, 1.807) is 0 Å². The Bertz CT molecular complexity index is 580. The average Bonchev–Trinajstić information content (AvgIpc) is 2.48. The van der Waals surface area contributed by atoms with E-state index in [1.807, 2.05) is 52.0 Å². The quantitative estimate of drug-likeness (QED) is 0.859. The van der Waals surface area contributed by atoms with Crippen molar-refractivity contribution in [2.24, 2.45) is 0 Å². The van der Waals surface area contributed by atoms with Gasteiger partial charge in [0, 0.05) is 12.1 Å². The van der Waals surface area contributed by atoms with E-state index in [-0.39, 0.29) is 35.9 Å². The fourth-order valence-electron chi connectivity index (χ4n) is 2.29. The molecule has 1 aromatic rings. The summed E-state index contributed by atoms with van der Waals surface area (Å²) >= 11 is 0. The lowest BCUT2D eigenvalue weighted by molar-refractivity contribution is -0.137. The van der Waals surface area contributed by atoms with Gasteiger partial charge in [-0.05, 0) is 50.8 Å². The highest BCUT2D eigenvalue weighted by molar-refractivity contribution is 5.85. The third kappa shape index (κ3) is 7.59.